The average Bonchev–Trinajstić information content (AvgIpc) is 2.88. The van der Waals surface area contributed by atoms with Crippen molar-refractivity contribution in [1.29, 1.82) is 0 Å². The van der Waals surface area contributed by atoms with Gasteiger partial charge in [-0.3, -0.25) is 9.59 Å². The molecule has 3 aromatic rings. The van der Waals surface area contributed by atoms with Crippen LogP contribution in [0.25, 0.3) is 0 Å². The molecule has 3 aromatic carbocycles. The third kappa shape index (κ3) is 8.26. The van der Waals surface area contributed by atoms with Crippen molar-refractivity contribution < 1.29 is 14.0 Å². The minimum atomic E-state index is -0.727. The minimum absolute atomic E-state index is 0.0992. The Morgan fingerprint density at radius 3 is 2.39 bits per heavy atom. The van der Waals surface area contributed by atoms with E-state index in [1.165, 1.54) is 17.8 Å². The van der Waals surface area contributed by atoms with Gasteiger partial charge in [-0.05, 0) is 41.3 Å². The summed E-state index contributed by atoms with van der Waals surface area (Å²) in [4.78, 5) is 28.4. The van der Waals surface area contributed by atoms with Crippen molar-refractivity contribution in [2.24, 2.45) is 0 Å². The summed E-state index contributed by atoms with van der Waals surface area (Å²) < 4.78 is 14.0. The van der Waals surface area contributed by atoms with Gasteiger partial charge in [0.1, 0.15) is 11.9 Å². The van der Waals surface area contributed by atoms with E-state index in [2.05, 4.69) is 5.32 Å². The van der Waals surface area contributed by atoms with E-state index >= 15 is 0 Å². The molecule has 1 atom stereocenters. The number of hydrogen-bond donors (Lipinski definition) is 1. The molecule has 0 saturated heterocycles. The Bertz CT molecular complexity index is 1160. The fraction of sp³-hybridized carbons (Fsp3) is 0.286. The number of thioether (sulfide) groups is 1. The summed E-state index contributed by atoms with van der Waals surface area (Å²) in [5.74, 6) is -0.277. The molecule has 0 bridgehead atoms. The lowest BCUT2D eigenvalue weighted by molar-refractivity contribution is -0.139. The molecule has 8 heteroatoms. The Kier molecular flexibility index (Phi) is 11.1. The quantitative estimate of drug-likeness (QED) is 0.281. The smallest absolute Gasteiger partial charge is 0.243 e. The first kappa shape index (κ1) is 28.0. The summed E-state index contributed by atoms with van der Waals surface area (Å²) in [6.45, 7) is 2.68. The molecule has 1 unspecified atom stereocenters. The first-order valence-corrected chi connectivity index (χ1v) is 13.7. The Morgan fingerprint density at radius 1 is 0.972 bits per heavy atom. The van der Waals surface area contributed by atoms with E-state index in [0.29, 0.717) is 34.3 Å². The van der Waals surface area contributed by atoms with Crippen LogP contribution in [0.2, 0.25) is 10.0 Å². The molecule has 4 nitrogen and oxygen atoms in total. The zero-order valence-corrected chi connectivity index (χ0v) is 22.4. The maximum Gasteiger partial charge on any atom is 0.243 e. The Morgan fingerprint density at radius 2 is 1.69 bits per heavy atom. The molecular formula is C28H29Cl2FN2O2S. The summed E-state index contributed by atoms with van der Waals surface area (Å²) in [6.07, 6.45) is 1.14. The summed E-state index contributed by atoms with van der Waals surface area (Å²) in [5.41, 5.74) is 2.24. The second-order valence-corrected chi connectivity index (χ2v) is 10.2. The van der Waals surface area contributed by atoms with Crippen molar-refractivity contribution in [3.63, 3.8) is 0 Å². The lowest BCUT2D eigenvalue weighted by Gasteiger charge is -2.31. The van der Waals surface area contributed by atoms with Crippen LogP contribution in [0.4, 0.5) is 4.39 Å². The normalized spacial score (nSPS) is 11.7. The number of halogens is 3. The summed E-state index contributed by atoms with van der Waals surface area (Å²) in [6, 6.07) is 20.6. The third-order valence-corrected chi connectivity index (χ3v) is 7.30. The van der Waals surface area contributed by atoms with Crippen LogP contribution in [0.5, 0.6) is 0 Å². The van der Waals surface area contributed by atoms with E-state index in [1.54, 1.807) is 41.3 Å². The van der Waals surface area contributed by atoms with Gasteiger partial charge in [-0.15, -0.1) is 11.8 Å². The van der Waals surface area contributed by atoms with Gasteiger partial charge in [0.15, 0.2) is 0 Å². The highest BCUT2D eigenvalue weighted by Gasteiger charge is 2.30. The standard InChI is InChI=1S/C28H29Cl2FN2O2S/c1-2-14-32-28(35)26(16-20-8-4-3-5-9-20)33(17-21-12-13-23(29)24(30)15-21)27(34)19-36-18-22-10-6-7-11-25(22)31/h3-13,15,26H,2,14,16-19H2,1H3,(H,32,35). The number of carbonyl (C=O) groups excluding carboxylic acids is 2. The predicted molar refractivity (Wildman–Crippen MR) is 147 cm³/mol. The topological polar surface area (TPSA) is 49.4 Å². The second kappa shape index (κ2) is 14.3. The monoisotopic (exact) mass is 546 g/mol. The number of carbonyl (C=O) groups is 2. The Hall–Kier alpha value is -2.54. The van der Waals surface area contributed by atoms with Crippen molar-refractivity contribution in [3.05, 3.63) is 105 Å². The van der Waals surface area contributed by atoms with Gasteiger partial charge in [0.25, 0.3) is 0 Å². The number of nitrogens with zero attached hydrogens (tertiary/aromatic N) is 1. The van der Waals surface area contributed by atoms with E-state index in [9.17, 15) is 14.0 Å². The van der Waals surface area contributed by atoms with Crippen molar-refractivity contribution in [2.75, 3.05) is 12.3 Å². The number of rotatable bonds is 12. The molecule has 0 aliphatic carbocycles. The van der Waals surface area contributed by atoms with Crippen LogP contribution in [-0.2, 0) is 28.3 Å². The molecule has 0 saturated carbocycles. The molecule has 3 rings (SSSR count). The Balaban J connectivity index is 1.86. The highest BCUT2D eigenvalue weighted by atomic mass is 35.5. The summed E-state index contributed by atoms with van der Waals surface area (Å²) in [5, 5.41) is 3.74. The number of benzene rings is 3. The highest BCUT2D eigenvalue weighted by Crippen LogP contribution is 2.25. The number of nitrogens with one attached hydrogen (secondary N) is 1. The number of amides is 2. The SMILES string of the molecule is CCCNC(=O)C(Cc1ccccc1)N(Cc1ccc(Cl)c(Cl)c1)C(=O)CSCc1ccccc1F. The van der Waals surface area contributed by atoms with Gasteiger partial charge in [0.2, 0.25) is 11.8 Å². The summed E-state index contributed by atoms with van der Waals surface area (Å²) >= 11 is 13.6. The van der Waals surface area contributed by atoms with Crippen LogP contribution in [-0.4, -0.2) is 35.1 Å². The molecule has 0 aliphatic heterocycles. The predicted octanol–water partition coefficient (Wildman–Crippen LogP) is 6.53. The first-order chi connectivity index (χ1) is 17.4. The van der Waals surface area contributed by atoms with Gasteiger partial charge in [0.05, 0.1) is 15.8 Å². The zero-order chi connectivity index (χ0) is 25.9. The highest BCUT2D eigenvalue weighted by molar-refractivity contribution is 7.99. The third-order valence-electron chi connectivity index (χ3n) is 5.60. The van der Waals surface area contributed by atoms with Gasteiger partial charge >= 0.3 is 0 Å². The fourth-order valence-electron chi connectivity index (χ4n) is 3.70. The van der Waals surface area contributed by atoms with E-state index in [0.717, 1.165) is 17.5 Å². The van der Waals surface area contributed by atoms with E-state index in [1.807, 2.05) is 37.3 Å². The van der Waals surface area contributed by atoms with Crippen molar-refractivity contribution >= 4 is 46.8 Å². The molecule has 1 N–H and O–H groups in total. The first-order valence-electron chi connectivity index (χ1n) is 11.7. The van der Waals surface area contributed by atoms with Crippen LogP contribution < -0.4 is 5.32 Å². The molecule has 36 heavy (non-hydrogen) atoms. The average molecular weight is 548 g/mol. The lowest BCUT2D eigenvalue weighted by Crippen LogP contribution is -2.51. The molecule has 0 aromatic heterocycles. The number of hydrogen-bond acceptors (Lipinski definition) is 3. The molecule has 0 fully saturated rings. The van der Waals surface area contributed by atoms with E-state index in [-0.39, 0.29) is 29.9 Å². The molecule has 0 heterocycles. The zero-order valence-electron chi connectivity index (χ0n) is 20.1. The van der Waals surface area contributed by atoms with Gasteiger partial charge in [-0.2, -0.15) is 0 Å². The van der Waals surface area contributed by atoms with Crippen LogP contribution in [0, 0.1) is 5.82 Å². The maximum absolute atomic E-state index is 14.0. The van der Waals surface area contributed by atoms with Crippen LogP contribution in [0.3, 0.4) is 0 Å². The fourth-order valence-corrected chi connectivity index (χ4v) is 4.92. The molecule has 190 valence electrons. The van der Waals surface area contributed by atoms with Crippen LogP contribution in [0.15, 0.2) is 72.8 Å². The summed E-state index contributed by atoms with van der Waals surface area (Å²) in [7, 11) is 0. The van der Waals surface area contributed by atoms with Crippen LogP contribution >= 0.6 is 35.0 Å². The lowest BCUT2D eigenvalue weighted by atomic mass is 10.0. The maximum atomic E-state index is 14.0. The van der Waals surface area contributed by atoms with Crippen LogP contribution in [0.1, 0.15) is 30.0 Å². The minimum Gasteiger partial charge on any atom is -0.354 e. The molecule has 0 spiro atoms. The second-order valence-electron chi connectivity index (χ2n) is 8.35. The Labute approximate surface area is 226 Å². The van der Waals surface area contributed by atoms with E-state index < -0.39 is 6.04 Å². The largest absolute Gasteiger partial charge is 0.354 e. The molecular weight excluding hydrogens is 518 g/mol. The van der Waals surface area contributed by atoms with Gasteiger partial charge in [-0.1, -0.05) is 84.7 Å². The van der Waals surface area contributed by atoms with Crippen molar-refractivity contribution in [1.82, 2.24) is 10.2 Å². The van der Waals surface area contributed by atoms with Crippen molar-refractivity contribution in [3.8, 4) is 0 Å². The van der Waals surface area contributed by atoms with Gasteiger partial charge < -0.3 is 10.2 Å². The van der Waals surface area contributed by atoms with Gasteiger partial charge in [0, 0.05) is 25.3 Å². The van der Waals surface area contributed by atoms with Gasteiger partial charge in [-0.25, -0.2) is 4.39 Å². The molecule has 0 aliphatic rings. The molecule has 0 radical (unpaired) electrons. The van der Waals surface area contributed by atoms with Crippen molar-refractivity contribution in [2.45, 2.75) is 38.1 Å². The van der Waals surface area contributed by atoms with E-state index in [4.69, 9.17) is 23.2 Å². The molecule has 2 amide bonds.